The Morgan fingerprint density at radius 2 is 1.79 bits per heavy atom. The van der Waals surface area contributed by atoms with E-state index in [0.717, 1.165) is 23.8 Å². The van der Waals surface area contributed by atoms with Crippen molar-refractivity contribution in [2.45, 2.75) is 65.0 Å². The lowest BCUT2D eigenvalue weighted by Gasteiger charge is -2.08. The van der Waals surface area contributed by atoms with Gasteiger partial charge in [-0.15, -0.1) is 0 Å². The summed E-state index contributed by atoms with van der Waals surface area (Å²) in [6.07, 6.45) is 9.34. The first kappa shape index (κ1) is 19.9. The molecule has 0 atom stereocenters. The minimum Gasteiger partial charge on any atom is -0.428 e. The molecule has 0 saturated heterocycles. The second kappa shape index (κ2) is 11.4. The van der Waals surface area contributed by atoms with Crippen molar-refractivity contribution in [3.63, 3.8) is 0 Å². The van der Waals surface area contributed by atoms with E-state index < -0.39 is 29.9 Å². The van der Waals surface area contributed by atoms with Crippen LogP contribution in [0.15, 0.2) is 15.8 Å². The zero-order valence-electron chi connectivity index (χ0n) is 14.1. The van der Waals surface area contributed by atoms with Gasteiger partial charge in [0.25, 0.3) is 5.56 Å². The van der Waals surface area contributed by atoms with Gasteiger partial charge in [0.15, 0.2) is 6.73 Å². The third-order valence-electron chi connectivity index (χ3n) is 3.60. The van der Waals surface area contributed by atoms with Gasteiger partial charge in [0.2, 0.25) is 5.82 Å². The van der Waals surface area contributed by atoms with E-state index in [0.29, 0.717) is 12.7 Å². The van der Waals surface area contributed by atoms with Crippen LogP contribution >= 0.6 is 0 Å². The number of amides is 1. The second-order valence-corrected chi connectivity index (χ2v) is 5.67. The van der Waals surface area contributed by atoms with Crippen LogP contribution in [0.3, 0.4) is 0 Å². The fraction of sp³-hybridized carbons (Fsp3) is 0.688. The second-order valence-electron chi connectivity index (χ2n) is 5.67. The van der Waals surface area contributed by atoms with Gasteiger partial charge in [-0.3, -0.25) is 14.3 Å². The molecule has 8 heteroatoms. The average Bonchev–Trinajstić information content (AvgIpc) is 2.55. The largest absolute Gasteiger partial charge is 0.428 e. The van der Waals surface area contributed by atoms with Crippen molar-refractivity contribution in [3.05, 3.63) is 32.9 Å². The third kappa shape index (κ3) is 7.94. The Morgan fingerprint density at radius 3 is 2.46 bits per heavy atom. The number of aromatic nitrogens is 2. The van der Waals surface area contributed by atoms with Gasteiger partial charge < -0.3 is 10.1 Å². The Hall–Kier alpha value is -2.12. The summed E-state index contributed by atoms with van der Waals surface area (Å²) >= 11 is 0. The summed E-state index contributed by atoms with van der Waals surface area (Å²) in [7, 11) is 0. The molecule has 0 fully saturated rings. The Labute approximate surface area is 140 Å². The first-order valence-electron chi connectivity index (χ1n) is 8.44. The number of alkyl carbamates (subject to hydrolysis) is 1. The predicted molar refractivity (Wildman–Crippen MR) is 88.4 cm³/mol. The third-order valence-corrected chi connectivity index (χ3v) is 3.60. The fourth-order valence-corrected chi connectivity index (χ4v) is 2.21. The normalized spacial score (nSPS) is 10.6. The van der Waals surface area contributed by atoms with Crippen LogP contribution in [0.25, 0.3) is 0 Å². The van der Waals surface area contributed by atoms with Crippen molar-refractivity contribution in [3.8, 4) is 0 Å². The molecule has 1 aromatic rings. The number of hydrogen-bond donors (Lipinski definition) is 2. The Morgan fingerprint density at radius 1 is 1.17 bits per heavy atom. The maximum absolute atomic E-state index is 13.0. The highest BCUT2D eigenvalue weighted by Crippen LogP contribution is 2.07. The monoisotopic (exact) mass is 343 g/mol. The highest BCUT2D eigenvalue weighted by Gasteiger charge is 2.06. The molecule has 0 unspecified atom stereocenters. The number of ether oxygens (including phenoxy) is 1. The van der Waals surface area contributed by atoms with E-state index in [-0.39, 0.29) is 0 Å². The van der Waals surface area contributed by atoms with Gasteiger partial charge in [0.05, 0.1) is 6.20 Å². The van der Waals surface area contributed by atoms with Gasteiger partial charge in [-0.05, 0) is 6.42 Å². The van der Waals surface area contributed by atoms with Crippen molar-refractivity contribution in [1.82, 2.24) is 14.9 Å². The lowest BCUT2D eigenvalue weighted by molar-refractivity contribution is 0.111. The number of carbonyl (C=O) groups is 1. The molecule has 0 bridgehead atoms. The number of carbonyl (C=O) groups excluding carboxylic acids is 1. The maximum Gasteiger partial charge on any atom is 0.408 e. The minimum absolute atomic E-state index is 0.463. The molecule has 0 spiro atoms. The quantitative estimate of drug-likeness (QED) is 0.604. The summed E-state index contributed by atoms with van der Waals surface area (Å²) < 4.78 is 18.6. The van der Waals surface area contributed by atoms with E-state index in [2.05, 4.69) is 12.2 Å². The van der Waals surface area contributed by atoms with Gasteiger partial charge in [-0.2, -0.15) is 4.39 Å². The number of rotatable bonds is 11. The molecule has 0 radical (unpaired) electrons. The Kier molecular flexibility index (Phi) is 9.48. The van der Waals surface area contributed by atoms with Crippen LogP contribution in [-0.2, 0) is 11.5 Å². The number of unbranched alkanes of at least 4 members (excludes halogenated alkanes) is 7. The molecule has 2 N–H and O–H groups in total. The average molecular weight is 343 g/mol. The fourth-order valence-electron chi connectivity index (χ4n) is 2.21. The van der Waals surface area contributed by atoms with E-state index in [9.17, 15) is 18.8 Å². The topological polar surface area (TPSA) is 93.2 Å². The molecule has 0 saturated carbocycles. The molecule has 1 heterocycles. The smallest absolute Gasteiger partial charge is 0.408 e. The molecular formula is C16H26FN3O4. The first-order valence-corrected chi connectivity index (χ1v) is 8.44. The summed E-state index contributed by atoms with van der Waals surface area (Å²) in [6, 6.07) is 0. The molecule has 1 amide bonds. The van der Waals surface area contributed by atoms with Crippen LogP contribution < -0.4 is 16.6 Å². The molecule has 0 aliphatic rings. The lowest BCUT2D eigenvalue weighted by atomic mass is 10.1. The maximum atomic E-state index is 13.0. The van der Waals surface area contributed by atoms with E-state index in [1.807, 2.05) is 0 Å². The molecule has 0 aromatic carbocycles. The molecule has 0 aliphatic heterocycles. The van der Waals surface area contributed by atoms with Crippen LogP contribution in [0.5, 0.6) is 0 Å². The molecule has 24 heavy (non-hydrogen) atoms. The number of nitrogens with one attached hydrogen (secondary N) is 2. The van der Waals surface area contributed by atoms with Crippen molar-refractivity contribution >= 4 is 6.09 Å². The van der Waals surface area contributed by atoms with E-state index in [4.69, 9.17) is 4.74 Å². The number of halogens is 1. The van der Waals surface area contributed by atoms with Crippen LogP contribution in [0, 0.1) is 5.82 Å². The van der Waals surface area contributed by atoms with Crippen molar-refractivity contribution < 1.29 is 13.9 Å². The van der Waals surface area contributed by atoms with Gasteiger partial charge in [0.1, 0.15) is 0 Å². The van der Waals surface area contributed by atoms with E-state index in [1.165, 1.54) is 32.1 Å². The predicted octanol–water partition coefficient (Wildman–Crippen LogP) is 2.50. The SMILES string of the molecule is CCCCCCCCCCNC(=O)OCn1cc(F)c(=O)[nH]c1=O. The highest BCUT2D eigenvalue weighted by atomic mass is 19.1. The highest BCUT2D eigenvalue weighted by molar-refractivity contribution is 5.66. The number of aromatic amines is 1. The van der Waals surface area contributed by atoms with E-state index >= 15 is 0 Å². The lowest BCUT2D eigenvalue weighted by Crippen LogP contribution is -2.34. The zero-order chi connectivity index (χ0) is 17.8. The van der Waals surface area contributed by atoms with Crippen LogP contribution in [0.1, 0.15) is 58.3 Å². The number of hydrogen-bond acceptors (Lipinski definition) is 4. The van der Waals surface area contributed by atoms with Crippen molar-refractivity contribution in [1.29, 1.82) is 0 Å². The van der Waals surface area contributed by atoms with Crippen LogP contribution in [-0.4, -0.2) is 22.2 Å². The molecular weight excluding hydrogens is 317 g/mol. The number of H-pyrrole nitrogens is 1. The van der Waals surface area contributed by atoms with Gasteiger partial charge in [0, 0.05) is 6.54 Å². The molecule has 0 aliphatic carbocycles. The van der Waals surface area contributed by atoms with Crippen molar-refractivity contribution in [2.75, 3.05) is 6.54 Å². The standard InChI is InChI=1S/C16H26FN3O4/c1-2-3-4-5-6-7-8-9-10-18-16(23)24-12-20-11-13(17)14(21)19-15(20)22/h11H,2-10,12H2,1H3,(H,18,23)(H,19,21,22). The Balaban J connectivity index is 2.12. The van der Waals surface area contributed by atoms with Gasteiger partial charge in [-0.1, -0.05) is 51.9 Å². The van der Waals surface area contributed by atoms with E-state index in [1.54, 1.807) is 4.98 Å². The first-order chi connectivity index (χ1) is 11.5. The minimum atomic E-state index is -1.11. The summed E-state index contributed by atoms with van der Waals surface area (Å²) in [5.74, 6) is -1.11. The summed E-state index contributed by atoms with van der Waals surface area (Å²) in [4.78, 5) is 35.5. The molecule has 7 nitrogen and oxygen atoms in total. The summed E-state index contributed by atoms with van der Waals surface area (Å²) in [5.41, 5.74) is -1.94. The van der Waals surface area contributed by atoms with Crippen molar-refractivity contribution in [2.24, 2.45) is 0 Å². The molecule has 136 valence electrons. The zero-order valence-corrected chi connectivity index (χ0v) is 14.1. The van der Waals surface area contributed by atoms with Crippen LogP contribution in [0.2, 0.25) is 0 Å². The van der Waals surface area contributed by atoms with Crippen LogP contribution in [0.4, 0.5) is 9.18 Å². The number of nitrogens with zero attached hydrogens (tertiary/aromatic N) is 1. The summed E-state index contributed by atoms with van der Waals surface area (Å²) in [6.45, 7) is 2.22. The molecule has 1 aromatic heterocycles. The Bertz CT molecular complexity index is 612. The molecule has 1 rings (SSSR count). The van der Waals surface area contributed by atoms with Gasteiger partial charge in [-0.25, -0.2) is 9.59 Å². The summed E-state index contributed by atoms with van der Waals surface area (Å²) in [5, 5.41) is 2.57. The van der Waals surface area contributed by atoms with Gasteiger partial charge >= 0.3 is 11.8 Å².